The molecule has 1 aromatic carbocycles. The fourth-order valence-corrected chi connectivity index (χ4v) is 3.88. The van der Waals surface area contributed by atoms with E-state index in [1.54, 1.807) is 16.2 Å². The van der Waals surface area contributed by atoms with Gasteiger partial charge in [0.2, 0.25) is 0 Å². The summed E-state index contributed by atoms with van der Waals surface area (Å²) in [7, 11) is 0. The number of thioether (sulfide) groups is 1. The van der Waals surface area contributed by atoms with E-state index in [0.717, 1.165) is 10.4 Å². The van der Waals surface area contributed by atoms with E-state index in [1.807, 2.05) is 53.9 Å². The van der Waals surface area contributed by atoms with Gasteiger partial charge in [0.1, 0.15) is 4.32 Å². The van der Waals surface area contributed by atoms with Crippen LogP contribution in [-0.2, 0) is 11.3 Å². The molecule has 20 heavy (non-hydrogen) atoms. The molecule has 1 aromatic heterocycles. The molecule has 1 fully saturated rings. The summed E-state index contributed by atoms with van der Waals surface area (Å²) in [5.41, 5.74) is 1.08. The van der Waals surface area contributed by atoms with Crippen LogP contribution in [0, 0.1) is 0 Å². The van der Waals surface area contributed by atoms with Gasteiger partial charge >= 0.3 is 0 Å². The molecule has 0 unspecified atom stereocenters. The zero-order valence-electron chi connectivity index (χ0n) is 10.5. The van der Waals surface area contributed by atoms with Gasteiger partial charge in [0.15, 0.2) is 0 Å². The van der Waals surface area contributed by atoms with E-state index in [4.69, 9.17) is 12.2 Å². The Kier molecular flexibility index (Phi) is 4.00. The largest absolute Gasteiger partial charge is 0.288 e. The predicted molar refractivity (Wildman–Crippen MR) is 89.5 cm³/mol. The van der Waals surface area contributed by atoms with E-state index in [0.29, 0.717) is 15.8 Å². The number of rotatable bonds is 3. The van der Waals surface area contributed by atoms with Crippen LogP contribution in [0.1, 0.15) is 10.4 Å². The van der Waals surface area contributed by atoms with E-state index < -0.39 is 0 Å². The molecule has 1 aliphatic rings. The van der Waals surface area contributed by atoms with Gasteiger partial charge in [-0.15, -0.1) is 11.3 Å². The number of amides is 1. The van der Waals surface area contributed by atoms with Crippen LogP contribution in [0.15, 0.2) is 52.7 Å². The van der Waals surface area contributed by atoms with Crippen LogP contribution >= 0.6 is 35.3 Å². The van der Waals surface area contributed by atoms with Crippen molar-refractivity contribution in [1.82, 2.24) is 4.90 Å². The van der Waals surface area contributed by atoms with E-state index in [2.05, 4.69) is 0 Å². The molecule has 0 N–H and O–H groups in total. The fraction of sp³-hybridized carbons (Fsp3) is 0.0667. The minimum absolute atomic E-state index is 0.00254. The number of thiocarbonyl (C=S) groups is 1. The Labute approximate surface area is 131 Å². The van der Waals surface area contributed by atoms with Crippen molar-refractivity contribution in [2.45, 2.75) is 6.54 Å². The smallest absolute Gasteiger partial charge is 0.266 e. The summed E-state index contributed by atoms with van der Waals surface area (Å²) < 4.78 is 0.627. The van der Waals surface area contributed by atoms with Gasteiger partial charge in [-0.1, -0.05) is 60.4 Å². The van der Waals surface area contributed by atoms with Crippen molar-refractivity contribution in [2.24, 2.45) is 0 Å². The minimum atomic E-state index is -0.00254. The molecule has 2 nitrogen and oxygen atoms in total. The summed E-state index contributed by atoms with van der Waals surface area (Å²) in [4.78, 5) is 15.8. The Morgan fingerprint density at radius 1 is 1.15 bits per heavy atom. The van der Waals surface area contributed by atoms with Crippen LogP contribution < -0.4 is 0 Å². The highest BCUT2D eigenvalue weighted by atomic mass is 32.2. The van der Waals surface area contributed by atoms with E-state index >= 15 is 0 Å². The highest BCUT2D eigenvalue weighted by molar-refractivity contribution is 8.26. The van der Waals surface area contributed by atoms with Gasteiger partial charge < -0.3 is 0 Å². The van der Waals surface area contributed by atoms with Crippen molar-refractivity contribution in [3.63, 3.8) is 0 Å². The molecular formula is C15H11NOS3. The third-order valence-corrected chi connectivity index (χ3v) is 5.07. The molecule has 0 spiro atoms. The molecule has 0 bridgehead atoms. The molecule has 1 aliphatic heterocycles. The maximum atomic E-state index is 12.4. The van der Waals surface area contributed by atoms with Gasteiger partial charge in [0.05, 0.1) is 11.4 Å². The summed E-state index contributed by atoms with van der Waals surface area (Å²) in [5, 5.41) is 2.00. The number of thiophene rings is 1. The SMILES string of the molecule is O=C1/C(=C/c2cccs2)SC(=S)N1Cc1ccccc1. The van der Waals surface area contributed by atoms with Crippen molar-refractivity contribution in [3.05, 3.63) is 63.2 Å². The van der Waals surface area contributed by atoms with Crippen LogP contribution in [0.3, 0.4) is 0 Å². The highest BCUT2D eigenvalue weighted by Gasteiger charge is 2.31. The Balaban J connectivity index is 1.81. The second kappa shape index (κ2) is 5.91. The summed E-state index contributed by atoms with van der Waals surface area (Å²) in [6, 6.07) is 13.9. The lowest BCUT2D eigenvalue weighted by Crippen LogP contribution is -2.27. The van der Waals surface area contributed by atoms with Crippen molar-refractivity contribution < 1.29 is 4.79 Å². The molecule has 1 amide bonds. The zero-order chi connectivity index (χ0) is 13.9. The lowest BCUT2D eigenvalue weighted by Gasteiger charge is -2.14. The van der Waals surface area contributed by atoms with Crippen LogP contribution in [0.4, 0.5) is 0 Å². The summed E-state index contributed by atoms with van der Waals surface area (Å²) in [6.45, 7) is 0.535. The molecule has 3 rings (SSSR count). The van der Waals surface area contributed by atoms with Gasteiger partial charge in [0, 0.05) is 4.88 Å². The monoisotopic (exact) mass is 317 g/mol. The molecule has 5 heteroatoms. The molecule has 100 valence electrons. The van der Waals surface area contributed by atoms with Crippen molar-refractivity contribution >= 4 is 51.6 Å². The number of benzene rings is 1. The molecule has 2 heterocycles. The molecule has 1 saturated heterocycles. The van der Waals surface area contributed by atoms with Crippen LogP contribution in [0.25, 0.3) is 6.08 Å². The minimum Gasteiger partial charge on any atom is -0.288 e. The topological polar surface area (TPSA) is 20.3 Å². The highest BCUT2D eigenvalue weighted by Crippen LogP contribution is 2.34. The van der Waals surface area contributed by atoms with Crippen LogP contribution in [-0.4, -0.2) is 15.1 Å². The number of hydrogen-bond donors (Lipinski definition) is 0. The molecule has 2 aromatic rings. The molecule has 0 saturated carbocycles. The second-order valence-electron chi connectivity index (χ2n) is 4.27. The van der Waals surface area contributed by atoms with Gasteiger partial charge in [-0.3, -0.25) is 9.69 Å². The normalized spacial score (nSPS) is 17.2. The number of carbonyl (C=O) groups is 1. The average molecular weight is 317 g/mol. The van der Waals surface area contributed by atoms with Gasteiger partial charge in [-0.05, 0) is 23.1 Å². The Bertz CT molecular complexity index is 662. The lowest BCUT2D eigenvalue weighted by molar-refractivity contribution is -0.122. The quantitative estimate of drug-likeness (QED) is 0.626. The van der Waals surface area contributed by atoms with Gasteiger partial charge in [0.25, 0.3) is 5.91 Å². The molecule has 0 radical (unpaired) electrons. The fourth-order valence-electron chi connectivity index (χ4n) is 1.90. The van der Waals surface area contributed by atoms with Crippen molar-refractivity contribution in [1.29, 1.82) is 0 Å². The molecule has 0 atom stereocenters. The first kappa shape index (κ1) is 13.5. The van der Waals surface area contributed by atoms with Gasteiger partial charge in [-0.2, -0.15) is 0 Å². The maximum Gasteiger partial charge on any atom is 0.266 e. The van der Waals surface area contributed by atoms with Gasteiger partial charge in [-0.25, -0.2) is 0 Å². The lowest BCUT2D eigenvalue weighted by atomic mass is 10.2. The summed E-state index contributed by atoms with van der Waals surface area (Å²) in [6.07, 6.45) is 1.91. The maximum absolute atomic E-state index is 12.4. The third kappa shape index (κ3) is 2.85. The Morgan fingerprint density at radius 3 is 2.65 bits per heavy atom. The van der Waals surface area contributed by atoms with Crippen molar-refractivity contribution in [3.8, 4) is 0 Å². The summed E-state index contributed by atoms with van der Waals surface area (Å²) >= 11 is 8.31. The zero-order valence-corrected chi connectivity index (χ0v) is 12.9. The van der Waals surface area contributed by atoms with E-state index in [-0.39, 0.29) is 5.91 Å². The molecular weight excluding hydrogens is 306 g/mol. The summed E-state index contributed by atoms with van der Waals surface area (Å²) in [5.74, 6) is -0.00254. The Morgan fingerprint density at radius 2 is 1.95 bits per heavy atom. The first-order valence-corrected chi connectivity index (χ1v) is 8.17. The first-order chi connectivity index (χ1) is 9.74. The van der Waals surface area contributed by atoms with Crippen LogP contribution in [0.5, 0.6) is 0 Å². The molecule has 0 aliphatic carbocycles. The number of hydrogen-bond acceptors (Lipinski definition) is 4. The second-order valence-corrected chi connectivity index (χ2v) is 6.92. The average Bonchev–Trinajstić information content (AvgIpc) is 3.05. The number of carbonyl (C=O) groups excluding carboxylic acids is 1. The van der Waals surface area contributed by atoms with Crippen LogP contribution in [0.2, 0.25) is 0 Å². The van der Waals surface area contributed by atoms with E-state index in [9.17, 15) is 4.79 Å². The number of nitrogens with zero attached hydrogens (tertiary/aromatic N) is 1. The predicted octanol–water partition coefficient (Wildman–Crippen LogP) is 4.15. The van der Waals surface area contributed by atoms with E-state index in [1.165, 1.54) is 11.8 Å². The Hall–Kier alpha value is -1.43. The third-order valence-electron chi connectivity index (χ3n) is 2.87. The first-order valence-electron chi connectivity index (χ1n) is 6.07. The standard InChI is InChI=1S/C15H11NOS3/c17-14-13(9-12-7-4-8-19-12)20-15(18)16(14)10-11-5-2-1-3-6-11/h1-9H,10H2/b13-9-. The van der Waals surface area contributed by atoms with Crippen molar-refractivity contribution in [2.75, 3.05) is 0 Å².